The van der Waals surface area contributed by atoms with Gasteiger partial charge in [0.15, 0.2) is 29.6 Å². The third-order valence-corrected chi connectivity index (χ3v) is 4.37. The maximum Gasteiger partial charge on any atom is 0.303 e. The lowest BCUT2D eigenvalue weighted by Crippen LogP contribution is -2.40. The molecule has 4 atom stereocenters. The second-order valence-corrected chi connectivity index (χ2v) is 6.68. The summed E-state index contributed by atoms with van der Waals surface area (Å²) in [6, 6.07) is 0. The number of rotatable bonds is 6. The van der Waals surface area contributed by atoms with Gasteiger partial charge in [0, 0.05) is 20.8 Å². The monoisotopic (exact) mass is 435 g/mol. The minimum Gasteiger partial charge on any atom is -0.463 e. The van der Waals surface area contributed by atoms with Crippen LogP contribution >= 0.6 is 0 Å². The average molecular weight is 435 g/mol. The number of nitrogen functional groups attached to an aromatic ring is 1. The number of H-pyrrole nitrogens is 1. The zero-order chi connectivity index (χ0) is 22.9. The van der Waals surface area contributed by atoms with Crippen LogP contribution in [0.4, 0.5) is 5.95 Å². The zero-order valence-corrected chi connectivity index (χ0v) is 17.0. The van der Waals surface area contributed by atoms with Crippen molar-refractivity contribution in [1.82, 2.24) is 19.5 Å². The molecule has 31 heavy (non-hydrogen) atoms. The van der Waals surface area contributed by atoms with Gasteiger partial charge >= 0.3 is 17.9 Å². The van der Waals surface area contributed by atoms with Crippen LogP contribution in [0, 0.1) is 0 Å². The fourth-order valence-electron chi connectivity index (χ4n) is 3.31. The first-order valence-electron chi connectivity index (χ1n) is 9.15. The number of hydrogen-bond donors (Lipinski definition) is 2. The van der Waals surface area contributed by atoms with E-state index in [-0.39, 0.29) is 29.5 Å². The Bertz CT molecular complexity index is 1110. The van der Waals surface area contributed by atoms with Gasteiger partial charge in [0.1, 0.15) is 18.5 Å². The average Bonchev–Trinajstić information content (AvgIpc) is 3.17. The molecule has 1 fully saturated rings. The summed E-state index contributed by atoms with van der Waals surface area (Å²) in [7, 11) is 0. The molecule has 13 nitrogen and oxygen atoms in total. The smallest absolute Gasteiger partial charge is 0.303 e. The molecule has 0 spiro atoms. The molecule has 0 bridgehead atoms. The lowest BCUT2D eigenvalue weighted by molar-refractivity contribution is -0.166. The van der Waals surface area contributed by atoms with E-state index in [4.69, 9.17) is 24.7 Å². The largest absolute Gasteiger partial charge is 0.463 e. The van der Waals surface area contributed by atoms with Gasteiger partial charge in [-0.2, -0.15) is 4.98 Å². The number of nitrogens with zero attached hydrogens (tertiary/aromatic N) is 3. The number of carbonyl (C=O) groups excluding carboxylic acids is 3. The van der Waals surface area contributed by atoms with E-state index in [9.17, 15) is 19.2 Å². The second kappa shape index (κ2) is 8.55. The van der Waals surface area contributed by atoms with Crippen molar-refractivity contribution in [2.24, 2.45) is 0 Å². The SMILES string of the molecule is C=Cc1nc2c(=O)[nH]c(N)nc2n1[C@@H]1O[C@H](COC(C)=O)C(OC(C)=O)[C@@H]1OC(C)=O. The van der Waals surface area contributed by atoms with Gasteiger partial charge in [0.2, 0.25) is 5.95 Å². The first-order valence-corrected chi connectivity index (χ1v) is 9.15. The summed E-state index contributed by atoms with van der Waals surface area (Å²) >= 11 is 0. The molecule has 0 amide bonds. The number of aromatic amines is 1. The van der Waals surface area contributed by atoms with Gasteiger partial charge in [-0.3, -0.25) is 28.7 Å². The maximum absolute atomic E-state index is 12.3. The summed E-state index contributed by atoms with van der Waals surface area (Å²) in [6.07, 6.45) is -3.11. The van der Waals surface area contributed by atoms with Crippen LogP contribution in [-0.4, -0.2) is 62.3 Å². The van der Waals surface area contributed by atoms with Gasteiger partial charge < -0.3 is 24.7 Å². The molecular formula is C18H21N5O8. The molecule has 166 valence electrons. The van der Waals surface area contributed by atoms with Gasteiger partial charge in [0.25, 0.3) is 5.56 Å². The zero-order valence-electron chi connectivity index (χ0n) is 17.0. The molecule has 0 saturated carbocycles. The highest BCUT2D eigenvalue weighted by molar-refractivity contribution is 5.74. The lowest BCUT2D eigenvalue weighted by Gasteiger charge is -2.24. The van der Waals surface area contributed by atoms with Crippen molar-refractivity contribution in [3.05, 3.63) is 22.8 Å². The molecule has 13 heteroatoms. The van der Waals surface area contributed by atoms with E-state index in [2.05, 4.69) is 21.5 Å². The maximum atomic E-state index is 12.3. The summed E-state index contributed by atoms with van der Waals surface area (Å²) in [5.74, 6) is -1.95. The molecule has 3 rings (SSSR count). The van der Waals surface area contributed by atoms with E-state index in [0.29, 0.717) is 0 Å². The van der Waals surface area contributed by atoms with Crippen molar-refractivity contribution in [2.75, 3.05) is 12.3 Å². The molecule has 3 heterocycles. The molecule has 1 aliphatic heterocycles. The van der Waals surface area contributed by atoms with Gasteiger partial charge in [-0.25, -0.2) is 4.98 Å². The fourth-order valence-corrected chi connectivity index (χ4v) is 3.31. The van der Waals surface area contributed by atoms with Crippen LogP contribution in [0.3, 0.4) is 0 Å². The van der Waals surface area contributed by atoms with Crippen LogP contribution in [0.5, 0.6) is 0 Å². The van der Waals surface area contributed by atoms with E-state index in [1.165, 1.54) is 31.4 Å². The van der Waals surface area contributed by atoms with Crippen molar-refractivity contribution in [3.8, 4) is 0 Å². The van der Waals surface area contributed by atoms with Crippen molar-refractivity contribution < 1.29 is 33.3 Å². The highest BCUT2D eigenvalue weighted by Crippen LogP contribution is 2.36. The van der Waals surface area contributed by atoms with Gasteiger partial charge in [-0.15, -0.1) is 0 Å². The summed E-state index contributed by atoms with van der Waals surface area (Å²) in [4.78, 5) is 57.7. The predicted molar refractivity (Wildman–Crippen MR) is 104 cm³/mol. The lowest BCUT2D eigenvalue weighted by atomic mass is 10.1. The Morgan fingerprint density at radius 1 is 1.16 bits per heavy atom. The van der Waals surface area contributed by atoms with Crippen molar-refractivity contribution >= 4 is 41.1 Å². The standard InChI is InChI=1S/C18H21N5O8/c1-5-11-20-12-15(21-18(19)22-16(12)27)23(11)17-14(30-9(4)26)13(29-8(3)25)10(31-17)6-28-7(2)24/h5,10,13-14,17H,1,6H2,2-4H3,(H3,19,21,22,27)/t10-,13?,14+,17-/m1/s1. The molecule has 1 unspecified atom stereocenters. The summed E-state index contributed by atoms with van der Waals surface area (Å²) in [6.45, 7) is 6.93. The molecular weight excluding hydrogens is 414 g/mol. The highest BCUT2D eigenvalue weighted by Gasteiger charge is 2.51. The van der Waals surface area contributed by atoms with Gasteiger partial charge in [-0.05, 0) is 6.08 Å². The Labute approximate surface area is 175 Å². The highest BCUT2D eigenvalue weighted by atomic mass is 16.7. The van der Waals surface area contributed by atoms with Crippen LogP contribution in [0.25, 0.3) is 17.2 Å². The second-order valence-electron chi connectivity index (χ2n) is 6.68. The fraction of sp³-hybridized carbons (Fsp3) is 0.444. The number of aromatic nitrogens is 4. The Morgan fingerprint density at radius 2 is 1.81 bits per heavy atom. The molecule has 0 aliphatic carbocycles. The summed E-state index contributed by atoms with van der Waals surface area (Å²) in [5, 5.41) is 0. The van der Waals surface area contributed by atoms with E-state index in [0.717, 1.165) is 0 Å². The third-order valence-electron chi connectivity index (χ3n) is 4.37. The number of nitrogens with one attached hydrogen (secondary N) is 1. The first-order chi connectivity index (χ1) is 14.6. The van der Waals surface area contributed by atoms with E-state index >= 15 is 0 Å². The minimum absolute atomic E-state index is 0.0352. The molecule has 2 aromatic heterocycles. The van der Waals surface area contributed by atoms with E-state index in [1.54, 1.807) is 0 Å². The van der Waals surface area contributed by atoms with Crippen LogP contribution < -0.4 is 11.3 Å². The summed E-state index contributed by atoms with van der Waals surface area (Å²) < 4.78 is 23.0. The Morgan fingerprint density at radius 3 is 2.39 bits per heavy atom. The van der Waals surface area contributed by atoms with E-state index in [1.807, 2.05) is 0 Å². The molecule has 2 aromatic rings. The van der Waals surface area contributed by atoms with Crippen molar-refractivity contribution in [1.29, 1.82) is 0 Å². The Hall–Kier alpha value is -3.74. The van der Waals surface area contributed by atoms with Crippen molar-refractivity contribution in [2.45, 2.75) is 45.3 Å². The number of esters is 3. The molecule has 0 aromatic carbocycles. The number of nitrogens with two attached hydrogens (primary N) is 1. The number of hydrogen-bond acceptors (Lipinski definition) is 11. The van der Waals surface area contributed by atoms with Crippen LogP contribution in [-0.2, 0) is 33.3 Å². The van der Waals surface area contributed by atoms with Gasteiger partial charge in [-0.1, -0.05) is 6.58 Å². The topological polar surface area (TPSA) is 178 Å². The normalized spacial score (nSPS) is 22.8. The number of imidazole rings is 1. The quantitative estimate of drug-likeness (QED) is 0.448. The van der Waals surface area contributed by atoms with Crippen LogP contribution in [0.2, 0.25) is 0 Å². The molecule has 0 radical (unpaired) electrons. The number of fused-ring (bicyclic) bond motifs is 1. The number of ether oxygens (including phenoxy) is 4. The molecule has 1 saturated heterocycles. The summed E-state index contributed by atoms with van der Waals surface area (Å²) in [5.41, 5.74) is 5.06. The van der Waals surface area contributed by atoms with Crippen molar-refractivity contribution in [3.63, 3.8) is 0 Å². The molecule has 3 N–H and O–H groups in total. The van der Waals surface area contributed by atoms with Crippen LogP contribution in [0.15, 0.2) is 11.4 Å². The Kier molecular flexibility index (Phi) is 6.06. The number of carbonyl (C=O) groups is 3. The number of anilines is 1. The minimum atomic E-state index is -1.18. The molecule has 1 aliphatic rings. The van der Waals surface area contributed by atoms with Crippen LogP contribution in [0.1, 0.15) is 32.8 Å². The Balaban J connectivity index is 2.16. The van der Waals surface area contributed by atoms with Gasteiger partial charge in [0.05, 0.1) is 0 Å². The third kappa shape index (κ3) is 4.40. The first kappa shape index (κ1) is 22.0. The predicted octanol–water partition coefficient (Wildman–Crippen LogP) is -0.331. The van der Waals surface area contributed by atoms with E-state index < -0.39 is 48.0 Å².